The van der Waals surface area contributed by atoms with Crippen LogP contribution in [-0.4, -0.2) is 29.9 Å². The number of fused-ring (bicyclic) bond motifs is 1. The standard InChI is InChI=1S/C11H20N2O/c12-8-11(14)13-7-3-5-9-4-1-2-6-10(9)13/h9-10H,1-8,12H2/t9-,10+/m0/s1. The highest BCUT2D eigenvalue weighted by molar-refractivity contribution is 5.78. The molecule has 0 aromatic heterocycles. The topological polar surface area (TPSA) is 46.3 Å². The van der Waals surface area contributed by atoms with Gasteiger partial charge in [0.2, 0.25) is 5.91 Å². The van der Waals surface area contributed by atoms with Gasteiger partial charge in [-0.1, -0.05) is 12.8 Å². The van der Waals surface area contributed by atoms with E-state index in [2.05, 4.69) is 0 Å². The summed E-state index contributed by atoms with van der Waals surface area (Å²) in [5.74, 6) is 0.926. The zero-order chi connectivity index (χ0) is 9.97. The van der Waals surface area contributed by atoms with Gasteiger partial charge in [-0.15, -0.1) is 0 Å². The maximum absolute atomic E-state index is 11.6. The molecule has 3 heteroatoms. The summed E-state index contributed by atoms with van der Waals surface area (Å²) in [5.41, 5.74) is 5.43. The SMILES string of the molecule is NCC(=O)N1CCC[C@@H]2CCCC[C@H]21. The van der Waals surface area contributed by atoms with Crippen LogP contribution in [0.1, 0.15) is 38.5 Å². The third-order valence-electron chi connectivity index (χ3n) is 3.74. The maximum atomic E-state index is 11.6. The number of hydrogen-bond acceptors (Lipinski definition) is 2. The van der Waals surface area contributed by atoms with E-state index in [1.807, 2.05) is 4.90 Å². The van der Waals surface area contributed by atoms with Gasteiger partial charge in [0, 0.05) is 12.6 Å². The van der Waals surface area contributed by atoms with Crippen LogP contribution < -0.4 is 5.73 Å². The van der Waals surface area contributed by atoms with E-state index >= 15 is 0 Å². The van der Waals surface area contributed by atoms with E-state index in [-0.39, 0.29) is 12.5 Å². The second kappa shape index (κ2) is 4.30. The van der Waals surface area contributed by atoms with E-state index in [4.69, 9.17) is 5.73 Å². The van der Waals surface area contributed by atoms with Crippen LogP contribution in [0.4, 0.5) is 0 Å². The third-order valence-corrected chi connectivity index (χ3v) is 3.74. The van der Waals surface area contributed by atoms with Crippen LogP contribution in [0.15, 0.2) is 0 Å². The van der Waals surface area contributed by atoms with Crippen molar-refractivity contribution in [2.45, 2.75) is 44.6 Å². The van der Waals surface area contributed by atoms with Crippen LogP contribution >= 0.6 is 0 Å². The smallest absolute Gasteiger partial charge is 0.236 e. The van der Waals surface area contributed by atoms with Crippen molar-refractivity contribution in [1.82, 2.24) is 4.90 Å². The van der Waals surface area contributed by atoms with Crippen molar-refractivity contribution in [2.75, 3.05) is 13.1 Å². The Morgan fingerprint density at radius 1 is 1.21 bits per heavy atom. The minimum absolute atomic E-state index is 0.154. The summed E-state index contributed by atoms with van der Waals surface area (Å²) in [5, 5.41) is 0. The fourth-order valence-corrected chi connectivity index (χ4v) is 3.05. The van der Waals surface area contributed by atoms with Crippen molar-refractivity contribution < 1.29 is 4.79 Å². The maximum Gasteiger partial charge on any atom is 0.236 e. The second-order valence-corrected chi connectivity index (χ2v) is 4.55. The van der Waals surface area contributed by atoms with Crippen molar-refractivity contribution in [2.24, 2.45) is 11.7 Å². The lowest BCUT2D eigenvalue weighted by Gasteiger charge is -2.44. The number of carbonyl (C=O) groups is 1. The average Bonchev–Trinajstić information content (AvgIpc) is 2.27. The predicted molar refractivity (Wildman–Crippen MR) is 55.7 cm³/mol. The van der Waals surface area contributed by atoms with Crippen LogP contribution in [0.25, 0.3) is 0 Å². The van der Waals surface area contributed by atoms with Gasteiger partial charge in [0.15, 0.2) is 0 Å². The first-order valence-corrected chi connectivity index (χ1v) is 5.82. The molecule has 1 saturated carbocycles. The summed E-state index contributed by atoms with van der Waals surface area (Å²) in [6.45, 7) is 1.13. The van der Waals surface area contributed by atoms with Gasteiger partial charge < -0.3 is 10.6 Å². The lowest BCUT2D eigenvalue weighted by molar-refractivity contribution is -0.135. The molecule has 3 nitrogen and oxygen atoms in total. The summed E-state index contributed by atoms with van der Waals surface area (Å²) in [6.07, 6.45) is 7.66. The number of rotatable bonds is 1. The zero-order valence-electron chi connectivity index (χ0n) is 8.74. The fourth-order valence-electron chi connectivity index (χ4n) is 3.05. The van der Waals surface area contributed by atoms with Crippen molar-refractivity contribution in [3.05, 3.63) is 0 Å². The van der Waals surface area contributed by atoms with E-state index in [1.165, 1.54) is 38.5 Å². The number of piperidine rings is 1. The molecule has 1 heterocycles. The molecule has 2 fully saturated rings. The Hall–Kier alpha value is -0.570. The predicted octanol–water partition coefficient (Wildman–Crippen LogP) is 1.13. The largest absolute Gasteiger partial charge is 0.338 e. The monoisotopic (exact) mass is 196 g/mol. The van der Waals surface area contributed by atoms with Gasteiger partial charge in [-0.2, -0.15) is 0 Å². The molecular weight excluding hydrogens is 176 g/mol. The van der Waals surface area contributed by atoms with Crippen LogP contribution in [0.2, 0.25) is 0 Å². The summed E-state index contributed by atoms with van der Waals surface area (Å²) < 4.78 is 0. The van der Waals surface area contributed by atoms with Gasteiger partial charge in [-0.3, -0.25) is 4.79 Å². The van der Waals surface area contributed by atoms with Gasteiger partial charge in [-0.25, -0.2) is 0 Å². The molecule has 2 aliphatic rings. The molecule has 2 rings (SSSR count). The van der Waals surface area contributed by atoms with Gasteiger partial charge in [-0.05, 0) is 31.6 Å². The molecule has 2 atom stereocenters. The Morgan fingerprint density at radius 2 is 1.93 bits per heavy atom. The highest BCUT2D eigenvalue weighted by Crippen LogP contribution is 2.35. The first-order chi connectivity index (χ1) is 6.83. The fraction of sp³-hybridized carbons (Fsp3) is 0.909. The normalized spacial score (nSPS) is 32.5. The molecule has 0 spiro atoms. The lowest BCUT2D eigenvalue weighted by Crippen LogP contribution is -2.51. The summed E-state index contributed by atoms with van der Waals surface area (Å²) in [6, 6.07) is 0.522. The summed E-state index contributed by atoms with van der Waals surface area (Å²) in [4.78, 5) is 13.7. The first-order valence-electron chi connectivity index (χ1n) is 5.82. The molecule has 1 aliphatic carbocycles. The van der Waals surface area contributed by atoms with Gasteiger partial charge >= 0.3 is 0 Å². The molecule has 0 radical (unpaired) electrons. The van der Waals surface area contributed by atoms with Crippen LogP contribution in [0.5, 0.6) is 0 Å². The molecule has 0 unspecified atom stereocenters. The Kier molecular flexibility index (Phi) is 3.06. The molecule has 2 N–H and O–H groups in total. The Labute approximate surface area is 85.6 Å². The molecule has 0 bridgehead atoms. The first kappa shape index (κ1) is 9.97. The van der Waals surface area contributed by atoms with E-state index in [9.17, 15) is 4.79 Å². The quantitative estimate of drug-likeness (QED) is 0.683. The molecule has 1 aliphatic heterocycles. The highest BCUT2D eigenvalue weighted by atomic mass is 16.2. The lowest BCUT2D eigenvalue weighted by atomic mass is 9.78. The molecule has 1 amide bonds. The third kappa shape index (κ3) is 1.78. The number of carbonyl (C=O) groups excluding carboxylic acids is 1. The van der Waals surface area contributed by atoms with Gasteiger partial charge in [0.1, 0.15) is 0 Å². The minimum Gasteiger partial charge on any atom is -0.338 e. The van der Waals surface area contributed by atoms with Gasteiger partial charge in [0.05, 0.1) is 6.54 Å². The number of amides is 1. The molecule has 1 saturated heterocycles. The average molecular weight is 196 g/mol. The summed E-state index contributed by atoms with van der Waals surface area (Å²) >= 11 is 0. The highest BCUT2D eigenvalue weighted by Gasteiger charge is 2.34. The van der Waals surface area contributed by atoms with Crippen molar-refractivity contribution in [1.29, 1.82) is 0 Å². The van der Waals surface area contributed by atoms with Crippen LogP contribution in [0.3, 0.4) is 0 Å². The molecule has 14 heavy (non-hydrogen) atoms. The number of likely N-dealkylation sites (tertiary alicyclic amines) is 1. The molecule has 0 aromatic carbocycles. The zero-order valence-corrected chi connectivity index (χ0v) is 8.74. The summed E-state index contributed by atoms with van der Waals surface area (Å²) in [7, 11) is 0. The van der Waals surface area contributed by atoms with E-state index in [0.717, 1.165) is 12.5 Å². The molecular formula is C11H20N2O. The molecule has 80 valence electrons. The Balaban J connectivity index is 2.04. The second-order valence-electron chi connectivity index (χ2n) is 4.55. The Bertz CT molecular complexity index is 215. The van der Waals surface area contributed by atoms with Crippen LogP contribution in [0, 0.1) is 5.92 Å². The van der Waals surface area contributed by atoms with Gasteiger partial charge in [0.25, 0.3) is 0 Å². The van der Waals surface area contributed by atoms with Crippen molar-refractivity contribution in [3.63, 3.8) is 0 Å². The minimum atomic E-state index is 0.154. The Morgan fingerprint density at radius 3 is 2.71 bits per heavy atom. The van der Waals surface area contributed by atoms with E-state index in [0.29, 0.717) is 6.04 Å². The van der Waals surface area contributed by atoms with E-state index < -0.39 is 0 Å². The number of hydrogen-bond donors (Lipinski definition) is 1. The number of nitrogens with two attached hydrogens (primary N) is 1. The number of nitrogens with zero attached hydrogens (tertiary/aromatic N) is 1. The van der Waals surface area contributed by atoms with E-state index in [1.54, 1.807) is 0 Å². The van der Waals surface area contributed by atoms with Crippen molar-refractivity contribution in [3.8, 4) is 0 Å². The molecule has 0 aromatic rings. The van der Waals surface area contributed by atoms with Crippen LogP contribution in [-0.2, 0) is 4.79 Å². The van der Waals surface area contributed by atoms with Crippen molar-refractivity contribution >= 4 is 5.91 Å².